The molecule has 1 aromatic rings. The van der Waals surface area contributed by atoms with Crippen molar-refractivity contribution in [1.29, 1.82) is 0 Å². The minimum atomic E-state index is 0.0229. The van der Waals surface area contributed by atoms with Crippen LogP contribution in [0.2, 0.25) is 5.02 Å². The summed E-state index contributed by atoms with van der Waals surface area (Å²) in [7, 11) is 0. The number of halogens is 1. The van der Waals surface area contributed by atoms with Crippen molar-refractivity contribution < 1.29 is 4.79 Å². The van der Waals surface area contributed by atoms with Crippen LogP contribution in [-0.4, -0.2) is 11.0 Å². The summed E-state index contributed by atoms with van der Waals surface area (Å²) in [5, 5.41) is 6.79. The van der Waals surface area contributed by atoms with Crippen molar-refractivity contribution in [2.24, 2.45) is 5.92 Å². The van der Waals surface area contributed by atoms with Crippen LogP contribution in [0.25, 0.3) is 0 Å². The van der Waals surface area contributed by atoms with E-state index in [2.05, 4.69) is 10.6 Å². The van der Waals surface area contributed by atoms with E-state index in [1.54, 1.807) is 0 Å². The highest BCUT2D eigenvalue weighted by Gasteiger charge is 2.23. The molecule has 0 spiro atoms. The monoisotopic (exact) mass is 296 g/mol. The molecule has 0 saturated heterocycles. The molecule has 1 aliphatic rings. The first kappa shape index (κ1) is 14.3. The van der Waals surface area contributed by atoms with Gasteiger partial charge >= 0.3 is 0 Å². The highest BCUT2D eigenvalue weighted by atomic mass is 35.5. The lowest BCUT2D eigenvalue weighted by atomic mass is 10.1. The van der Waals surface area contributed by atoms with E-state index in [0.29, 0.717) is 10.1 Å². The molecule has 0 heterocycles. The predicted octanol–water partition coefficient (Wildman–Crippen LogP) is 3.65. The Kier molecular flexibility index (Phi) is 4.77. The maximum absolute atomic E-state index is 11.9. The van der Waals surface area contributed by atoms with Gasteiger partial charge in [-0.15, -0.1) is 0 Å². The van der Waals surface area contributed by atoms with E-state index in [1.807, 2.05) is 25.1 Å². The Morgan fingerprint density at radius 1 is 1.37 bits per heavy atom. The van der Waals surface area contributed by atoms with E-state index < -0.39 is 0 Å². The number of benzene rings is 1. The molecule has 0 aromatic heterocycles. The van der Waals surface area contributed by atoms with Crippen LogP contribution in [0.4, 0.5) is 5.69 Å². The van der Waals surface area contributed by atoms with Crippen molar-refractivity contribution in [1.82, 2.24) is 5.32 Å². The number of rotatable bonds is 2. The van der Waals surface area contributed by atoms with Gasteiger partial charge in [-0.25, -0.2) is 0 Å². The van der Waals surface area contributed by atoms with E-state index in [-0.39, 0.29) is 11.8 Å². The van der Waals surface area contributed by atoms with Gasteiger partial charge in [0, 0.05) is 16.6 Å². The number of anilines is 1. The van der Waals surface area contributed by atoms with Crippen molar-refractivity contribution in [2.45, 2.75) is 32.6 Å². The van der Waals surface area contributed by atoms with E-state index in [9.17, 15) is 4.79 Å². The number of carbonyl (C=O) groups is 1. The van der Waals surface area contributed by atoms with Crippen LogP contribution in [0.3, 0.4) is 0 Å². The summed E-state index contributed by atoms with van der Waals surface area (Å²) in [5.74, 6) is 0.134. The summed E-state index contributed by atoms with van der Waals surface area (Å²) in [6.07, 6.45) is 4.19. The zero-order valence-electron chi connectivity index (χ0n) is 10.8. The summed E-state index contributed by atoms with van der Waals surface area (Å²) < 4.78 is 0. The molecule has 1 fully saturated rings. The van der Waals surface area contributed by atoms with Crippen LogP contribution in [0.1, 0.15) is 31.2 Å². The van der Waals surface area contributed by atoms with Gasteiger partial charge in [0.15, 0.2) is 5.11 Å². The minimum absolute atomic E-state index is 0.0229. The van der Waals surface area contributed by atoms with Gasteiger partial charge in [-0.2, -0.15) is 0 Å². The first-order chi connectivity index (χ1) is 9.08. The Balaban J connectivity index is 1.93. The largest absolute Gasteiger partial charge is 0.332 e. The Bertz CT molecular complexity index is 498. The molecule has 0 bridgehead atoms. The lowest BCUT2D eigenvalue weighted by molar-refractivity contribution is -0.123. The third-order valence-corrected chi connectivity index (χ3v) is 4.09. The fourth-order valence-corrected chi connectivity index (χ4v) is 2.68. The summed E-state index contributed by atoms with van der Waals surface area (Å²) in [4.78, 5) is 11.9. The van der Waals surface area contributed by atoms with Crippen molar-refractivity contribution >= 4 is 40.5 Å². The average molecular weight is 297 g/mol. The molecule has 1 saturated carbocycles. The van der Waals surface area contributed by atoms with E-state index in [0.717, 1.165) is 36.9 Å². The van der Waals surface area contributed by atoms with Crippen molar-refractivity contribution in [2.75, 3.05) is 5.32 Å². The summed E-state index contributed by atoms with van der Waals surface area (Å²) in [5.41, 5.74) is 1.74. The molecule has 0 unspecified atom stereocenters. The van der Waals surface area contributed by atoms with Gasteiger partial charge < -0.3 is 10.6 Å². The molecule has 2 rings (SSSR count). The topological polar surface area (TPSA) is 41.1 Å². The molecule has 5 heteroatoms. The summed E-state index contributed by atoms with van der Waals surface area (Å²) >= 11 is 11.2. The van der Waals surface area contributed by atoms with Crippen molar-refractivity contribution in [3.05, 3.63) is 28.8 Å². The van der Waals surface area contributed by atoms with Gasteiger partial charge in [-0.05, 0) is 49.7 Å². The second-order valence-corrected chi connectivity index (χ2v) is 5.65. The first-order valence-electron chi connectivity index (χ1n) is 6.45. The minimum Gasteiger partial charge on any atom is -0.332 e. The number of hydrogen-bond donors (Lipinski definition) is 2. The molecule has 3 nitrogen and oxygen atoms in total. The Hall–Kier alpha value is -1.13. The van der Waals surface area contributed by atoms with Crippen LogP contribution in [-0.2, 0) is 4.79 Å². The van der Waals surface area contributed by atoms with Crippen LogP contribution in [0, 0.1) is 12.8 Å². The SMILES string of the molecule is Cc1c(Cl)cccc1NC(=S)NC(=O)C1CCCC1. The average Bonchev–Trinajstić information content (AvgIpc) is 2.88. The zero-order chi connectivity index (χ0) is 13.8. The van der Waals surface area contributed by atoms with Crippen LogP contribution in [0.5, 0.6) is 0 Å². The van der Waals surface area contributed by atoms with Gasteiger partial charge in [0.1, 0.15) is 0 Å². The van der Waals surface area contributed by atoms with Crippen LogP contribution < -0.4 is 10.6 Å². The number of carbonyl (C=O) groups excluding carboxylic acids is 1. The molecule has 0 aliphatic heterocycles. The van der Waals surface area contributed by atoms with Crippen LogP contribution >= 0.6 is 23.8 Å². The van der Waals surface area contributed by atoms with Gasteiger partial charge in [0.05, 0.1) is 0 Å². The maximum atomic E-state index is 11.9. The van der Waals surface area contributed by atoms with Gasteiger partial charge in [-0.3, -0.25) is 4.79 Å². The van der Waals surface area contributed by atoms with Gasteiger partial charge in [0.2, 0.25) is 5.91 Å². The molecule has 0 radical (unpaired) electrons. The van der Waals surface area contributed by atoms with E-state index in [4.69, 9.17) is 23.8 Å². The summed E-state index contributed by atoms with van der Waals surface area (Å²) in [6.45, 7) is 1.91. The van der Waals surface area contributed by atoms with Gasteiger partial charge in [0.25, 0.3) is 0 Å². The van der Waals surface area contributed by atoms with E-state index >= 15 is 0 Å². The Morgan fingerprint density at radius 3 is 2.74 bits per heavy atom. The van der Waals surface area contributed by atoms with Crippen molar-refractivity contribution in [3.8, 4) is 0 Å². The smallest absolute Gasteiger partial charge is 0.229 e. The van der Waals surface area contributed by atoms with E-state index in [1.165, 1.54) is 0 Å². The molecule has 0 atom stereocenters. The molecule has 1 amide bonds. The lowest BCUT2D eigenvalue weighted by Gasteiger charge is -2.14. The summed E-state index contributed by atoms with van der Waals surface area (Å²) in [6, 6.07) is 5.55. The molecular formula is C14H17ClN2OS. The van der Waals surface area contributed by atoms with Crippen molar-refractivity contribution in [3.63, 3.8) is 0 Å². The maximum Gasteiger partial charge on any atom is 0.229 e. The fraction of sp³-hybridized carbons (Fsp3) is 0.429. The molecule has 19 heavy (non-hydrogen) atoms. The highest BCUT2D eigenvalue weighted by Crippen LogP contribution is 2.25. The molecule has 1 aromatic carbocycles. The predicted molar refractivity (Wildman–Crippen MR) is 82.5 cm³/mol. The highest BCUT2D eigenvalue weighted by molar-refractivity contribution is 7.80. The second kappa shape index (κ2) is 6.35. The second-order valence-electron chi connectivity index (χ2n) is 4.84. The quantitative estimate of drug-likeness (QED) is 0.819. The zero-order valence-corrected chi connectivity index (χ0v) is 12.4. The third kappa shape index (κ3) is 3.67. The number of hydrogen-bond acceptors (Lipinski definition) is 2. The molecule has 102 valence electrons. The fourth-order valence-electron chi connectivity index (χ4n) is 2.30. The first-order valence-corrected chi connectivity index (χ1v) is 7.23. The number of amides is 1. The standard InChI is InChI=1S/C14H17ClN2OS/c1-9-11(15)7-4-8-12(9)16-14(19)17-13(18)10-5-2-3-6-10/h4,7-8,10H,2-3,5-6H2,1H3,(H2,16,17,18,19). The molecule has 1 aliphatic carbocycles. The lowest BCUT2D eigenvalue weighted by Crippen LogP contribution is -2.37. The molecular weight excluding hydrogens is 280 g/mol. The van der Waals surface area contributed by atoms with Crippen LogP contribution in [0.15, 0.2) is 18.2 Å². The molecule has 2 N–H and O–H groups in total. The Morgan fingerprint density at radius 2 is 2.05 bits per heavy atom. The normalized spacial score (nSPS) is 15.3. The Labute approximate surface area is 123 Å². The number of thiocarbonyl (C=S) groups is 1. The number of nitrogens with one attached hydrogen (secondary N) is 2. The van der Waals surface area contributed by atoms with Gasteiger partial charge in [-0.1, -0.05) is 30.5 Å². The third-order valence-electron chi connectivity index (χ3n) is 3.48.